The summed E-state index contributed by atoms with van der Waals surface area (Å²) in [5.74, 6) is 1.63. The molecule has 4 heteroatoms. The lowest BCUT2D eigenvalue weighted by atomic mass is 9.46. The predicted molar refractivity (Wildman–Crippen MR) is 132 cm³/mol. The minimum atomic E-state index is -0.693. The number of carbonyl (C=O) groups is 1. The van der Waals surface area contributed by atoms with Gasteiger partial charge in [0, 0.05) is 0 Å². The third-order valence-electron chi connectivity index (χ3n) is 11.7. The molecule has 3 saturated carbocycles. The van der Waals surface area contributed by atoms with Gasteiger partial charge in [0.05, 0.1) is 18.1 Å². The fourth-order valence-electron chi connectivity index (χ4n) is 8.96. The first kappa shape index (κ1) is 25.2. The Morgan fingerprint density at radius 1 is 1.09 bits per heavy atom. The van der Waals surface area contributed by atoms with Crippen molar-refractivity contribution in [3.63, 3.8) is 0 Å². The lowest BCUT2D eigenvalue weighted by Crippen LogP contribution is -2.55. The molecule has 0 heterocycles. The molecule has 0 bridgehead atoms. The van der Waals surface area contributed by atoms with E-state index >= 15 is 0 Å². The largest absolute Gasteiger partial charge is 0.481 e. The minimum Gasteiger partial charge on any atom is -0.481 e. The van der Waals surface area contributed by atoms with Crippen molar-refractivity contribution in [3.8, 4) is 0 Å². The van der Waals surface area contributed by atoms with Crippen molar-refractivity contribution in [2.24, 2.45) is 51.8 Å². The van der Waals surface area contributed by atoms with Crippen LogP contribution in [-0.2, 0) is 4.79 Å². The average molecular weight is 461 g/mol. The summed E-state index contributed by atoms with van der Waals surface area (Å²) in [5.41, 5.74) is 1.53. The van der Waals surface area contributed by atoms with Crippen molar-refractivity contribution in [2.45, 2.75) is 112 Å². The highest BCUT2D eigenvalue weighted by atomic mass is 16.4. The fourth-order valence-corrected chi connectivity index (χ4v) is 8.96. The van der Waals surface area contributed by atoms with Gasteiger partial charge >= 0.3 is 5.97 Å². The SMILES string of the molecule is CC(CCC(C)(C)C(C)C(=O)O)C1CCC2C3C(O)C=C4CC(O)CCC4(C)C3CCC12C. The van der Waals surface area contributed by atoms with E-state index in [1.54, 1.807) is 0 Å². The van der Waals surface area contributed by atoms with Crippen LogP contribution in [0.5, 0.6) is 0 Å². The van der Waals surface area contributed by atoms with E-state index in [1.807, 2.05) is 6.92 Å². The molecule has 0 aromatic rings. The molecule has 3 N–H and O–H groups in total. The van der Waals surface area contributed by atoms with Crippen molar-refractivity contribution < 1.29 is 20.1 Å². The van der Waals surface area contributed by atoms with Crippen molar-refractivity contribution in [1.29, 1.82) is 0 Å². The molecule has 4 nitrogen and oxygen atoms in total. The molecule has 0 saturated heterocycles. The number of rotatable bonds is 6. The number of aliphatic hydroxyl groups is 2. The predicted octanol–water partition coefficient (Wildman–Crippen LogP) is 6.06. The van der Waals surface area contributed by atoms with Gasteiger partial charge in [0.1, 0.15) is 0 Å². The Kier molecular flexibility index (Phi) is 6.62. The van der Waals surface area contributed by atoms with Gasteiger partial charge in [0.2, 0.25) is 0 Å². The third kappa shape index (κ3) is 4.11. The van der Waals surface area contributed by atoms with Crippen molar-refractivity contribution in [3.05, 3.63) is 11.6 Å². The summed E-state index contributed by atoms with van der Waals surface area (Å²) in [6.45, 7) is 13.4. The normalized spacial score (nSPS) is 44.8. The first-order valence-corrected chi connectivity index (χ1v) is 13.6. The van der Waals surface area contributed by atoms with E-state index in [0.29, 0.717) is 29.6 Å². The number of aliphatic carboxylic acids is 1. The number of hydrogen-bond acceptors (Lipinski definition) is 3. The van der Waals surface area contributed by atoms with Crippen molar-refractivity contribution in [2.75, 3.05) is 0 Å². The van der Waals surface area contributed by atoms with Gasteiger partial charge in [-0.2, -0.15) is 0 Å². The van der Waals surface area contributed by atoms with Gasteiger partial charge in [-0.25, -0.2) is 0 Å². The van der Waals surface area contributed by atoms with E-state index in [9.17, 15) is 20.1 Å². The Morgan fingerprint density at radius 3 is 2.45 bits per heavy atom. The molecule has 10 atom stereocenters. The molecule has 4 aliphatic carbocycles. The molecule has 0 aliphatic heterocycles. The van der Waals surface area contributed by atoms with E-state index in [2.05, 4.69) is 40.7 Å². The van der Waals surface area contributed by atoms with E-state index in [0.717, 1.165) is 32.1 Å². The van der Waals surface area contributed by atoms with Crippen LogP contribution in [0.4, 0.5) is 0 Å². The molecule has 4 rings (SSSR count). The summed E-state index contributed by atoms with van der Waals surface area (Å²) in [4.78, 5) is 11.6. The molecule has 0 aromatic heterocycles. The zero-order chi connectivity index (χ0) is 24.3. The second-order valence-electron chi connectivity index (χ2n) is 13.6. The number of hydrogen-bond donors (Lipinski definition) is 3. The van der Waals surface area contributed by atoms with Gasteiger partial charge in [-0.05, 0) is 104 Å². The molecule has 0 aromatic carbocycles. The Bertz CT molecular complexity index is 786. The molecular formula is C29H48O4. The lowest BCUT2D eigenvalue weighted by Gasteiger charge is -2.59. The highest BCUT2D eigenvalue weighted by molar-refractivity contribution is 5.70. The van der Waals surface area contributed by atoms with Gasteiger partial charge in [0.25, 0.3) is 0 Å². The van der Waals surface area contributed by atoms with Gasteiger partial charge in [-0.15, -0.1) is 0 Å². The van der Waals surface area contributed by atoms with E-state index in [4.69, 9.17) is 0 Å². The van der Waals surface area contributed by atoms with Crippen LogP contribution < -0.4 is 0 Å². The molecule has 0 spiro atoms. The first-order chi connectivity index (χ1) is 15.3. The second kappa shape index (κ2) is 8.66. The smallest absolute Gasteiger partial charge is 0.306 e. The molecule has 10 unspecified atom stereocenters. The maximum atomic E-state index is 11.6. The van der Waals surface area contributed by atoms with Crippen molar-refractivity contribution >= 4 is 5.97 Å². The molecule has 0 amide bonds. The fraction of sp³-hybridized carbons (Fsp3) is 0.897. The molecule has 4 aliphatic rings. The average Bonchev–Trinajstić information content (AvgIpc) is 3.10. The Balaban J connectivity index is 1.50. The van der Waals surface area contributed by atoms with Crippen LogP contribution in [0.3, 0.4) is 0 Å². The van der Waals surface area contributed by atoms with Crippen LogP contribution >= 0.6 is 0 Å². The summed E-state index contributed by atoms with van der Waals surface area (Å²) >= 11 is 0. The van der Waals surface area contributed by atoms with Gasteiger partial charge in [-0.1, -0.05) is 53.2 Å². The molecular weight excluding hydrogens is 412 g/mol. The number of fused-ring (bicyclic) bond motifs is 5. The van der Waals surface area contributed by atoms with Gasteiger partial charge in [0.15, 0.2) is 0 Å². The molecule has 33 heavy (non-hydrogen) atoms. The lowest BCUT2D eigenvalue weighted by molar-refractivity contribution is -0.145. The Morgan fingerprint density at radius 2 is 1.79 bits per heavy atom. The van der Waals surface area contributed by atoms with Gasteiger partial charge in [-0.3, -0.25) is 4.79 Å². The number of carboxylic acids is 1. The summed E-state index contributed by atoms with van der Waals surface area (Å²) in [7, 11) is 0. The molecule has 3 fully saturated rings. The molecule has 0 radical (unpaired) electrons. The quantitative estimate of drug-likeness (QED) is 0.421. The maximum Gasteiger partial charge on any atom is 0.306 e. The van der Waals surface area contributed by atoms with Crippen LogP contribution in [0, 0.1) is 51.8 Å². The van der Waals surface area contributed by atoms with Crippen LogP contribution in [-0.4, -0.2) is 33.5 Å². The molecule has 188 valence electrons. The zero-order valence-electron chi connectivity index (χ0n) is 21.8. The Labute approximate surface area is 201 Å². The van der Waals surface area contributed by atoms with Gasteiger partial charge < -0.3 is 15.3 Å². The van der Waals surface area contributed by atoms with E-state index in [-0.39, 0.29) is 34.4 Å². The van der Waals surface area contributed by atoms with Crippen LogP contribution in [0.1, 0.15) is 99.3 Å². The number of aliphatic hydroxyl groups excluding tert-OH is 2. The number of carboxylic acid groups (broad SMARTS) is 1. The topological polar surface area (TPSA) is 77.8 Å². The third-order valence-corrected chi connectivity index (χ3v) is 11.7. The monoisotopic (exact) mass is 460 g/mol. The summed E-state index contributed by atoms with van der Waals surface area (Å²) in [6, 6.07) is 0. The standard InChI is InChI=1S/C29H48O4/c1-17(9-12-27(3,4)18(2)26(32)33)21-7-8-22-25-23(11-14-29(21,22)6)28(5)13-10-20(30)15-19(28)16-24(25)31/h16-18,20-25,30-31H,7-15H2,1-6H3,(H,32,33). The summed E-state index contributed by atoms with van der Waals surface area (Å²) in [5, 5.41) is 31.1. The van der Waals surface area contributed by atoms with Crippen LogP contribution in [0.2, 0.25) is 0 Å². The highest BCUT2D eigenvalue weighted by Gasteiger charge is 2.61. The van der Waals surface area contributed by atoms with Crippen molar-refractivity contribution in [1.82, 2.24) is 0 Å². The first-order valence-electron chi connectivity index (χ1n) is 13.6. The maximum absolute atomic E-state index is 11.6. The second-order valence-corrected chi connectivity index (χ2v) is 13.6. The highest BCUT2D eigenvalue weighted by Crippen LogP contribution is 2.67. The zero-order valence-corrected chi connectivity index (χ0v) is 21.8. The Hall–Kier alpha value is -0.870. The van der Waals surface area contributed by atoms with Crippen LogP contribution in [0.15, 0.2) is 11.6 Å². The summed E-state index contributed by atoms with van der Waals surface area (Å²) in [6.07, 6.45) is 11.1. The van der Waals surface area contributed by atoms with E-state index < -0.39 is 5.97 Å². The van der Waals surface area contributed by atoms with E-state index in [1.165, 1.54) is 31.3 Å². The minimum absolute atomic E-state index is 0.144. The van der Waals surface area contributed by atoms with Crippen LogP contribution in [0.25, 0.3) is 0 Å². The summed E-state index contributed by atoms with van der Waals surface area (Å²) < 4.78 is 0.